The van der Waals surface area contributed by atoms with Crippen LogP contribution in [0.25, 0.3) is 0 Å². The van der Waals surface area contributed by atoms with Gasteiger partial charge in [0, 0.05) is 13.1 Å². The molecule has 0 aromatic heterocycles. The minimum Gasteiger partial charge on any atom is -0.370 e. The summed E-state index contributed by atoms with van der Waals surface area (Å²) in [5.74, 6) is -1.15. The van der Waals surface area contributed by atoms with Crippen LogP contribution in [0.15, 0.2) is 18.2 Å². The Morgan fingerprint density at radius 2 is 1.77 bits per heavy atom. The zero-order chi connectivity index (χ0) is 22.4. The van der Waals surface area contributed by atoms with Gasteiger partial charge in [-0.2, -0.15) is 13.2 Å². The first-order valence-corrected chi connectivity index (χ1v) is 10.6. The van der Waals surface area contributed by atoms with E-state index in [1.165, 1.54) is 13.0 Å². The van der Waals surface area contributed by atoms with Crippen molar-refractivity contribution >= 4 is 29.2 Å². The first-order valence-electron chi connectivity index (χ1n) is 10.6. The molecule has 3 fully saturated rings. The Hall–Kier alpha value is -2.78. The number of halogens is 3. The number of hydrogen-bond acceptors (Lipinski definition) is 4. The Morgan fingerprint density at radius 3 is 2.39 bits per heavy atom. The van der Waals surface area contributed by atoms with E-state index in [1.807, 2.05) is 4.90 Å². The topological polar surface area (TPSA) is 81.8 Å². The number of anilines is 2. The first-order chi connectivity index (χ1) is 14.6. The van der Waals surface area contributed by atoms with Crippen LogP contribution < -0.4 is 15.5 Å². The number of nitrogens with one attached hydrogen (secondary N) is 2. The van der Waals surface area contributed by atoms with Crippen LogP contribution in [0.1, 0.15) is 51.0 Å². The molecule has 1 unspecified atom stereocenters. The van der Waals surface area contributed by atoms with Crippen LogP contribution in [0.4, 0.5) is 29.3 Å². The fraction of sp³-hybridized carbons (Fsp3) is 0.571. The van der Waals surface area contributed by atoms with E-state index in [4.69, 9.17) is 0 Å². The maximum Gasteiger partial charge on any atom is 0.416 e. The van der Waals surface area contributed by atoms with Crippen LogP contribution in [0, 0.1) is 0 Å². The molecule has 2 saturated heterocycles. The van der Waals surface area contributed by atoms with E-state index in [0.717, 1.165) is 42.7 Å². The molecule has 3 aliphatic rings. The van der Waals surface area contributed by atoms with E-state index < -0.39 is 41.2 Å². The maximum atomic E-state index is 13.3. The standard InChI is InChI=1S/C21H25F3N4O3/c1-13(28-18(30)20(26-19(28)31)8-2-3-9-20)17(29)25-15-12-14(21(22,23)24)6-7-16(15)27-10-4-5-11-27/h6-7,12-13H,2-5,8-11H2,1H3,(H,25,29)(H,26,31). The molecule has 1 atom stereocenters. The Balaban J connectivity index is 1.58. The number of rotatable bonds is 4. The number of imide groups is 1. The van der Waals surface area contributed by atoms with Gasteiger partial charge in [-0.1, -0.05) is 12.8 Å². The summed E-state index contributed by atoms with van der Waals surface area (Å²) in [7, 11) is 0. The summed E-state index contributed by atoms with van der Waals surface area (Å²) in [5.41, 5.74) is -1.31. The Labute approximate surface area is 177 Å². The molecule has 7 nitrogen and oxygen atoms in total. The van der Waals surface area contributed by atoms with Crippen molar-refractivity contribution in [1.29, 1.82) is 0 Å². The minimum absolute atomic E-state index is 0.0243. The van der Waals surface area contributed by atoms with Gasteiger partial charge >= 0.3 is 12.2 Å². The molecule has 2 aliphatic heterocycles. The van der Waals surface area contributed by atoms with Gasteiger partial charge < -0.3 is 15.5 Å². The van der Waals surface area contributed by atoms with Gasteiger partial charge in [0.05, 0.1) is 16.9 Å². The van der Waals surface area contributed by atoms with E-state index in [2.05, 4.69) is 10.6 Å². The molecule has 0 radical (unpaired) electrons. The molecule has 4 amide bonds. The van der Waals surface area contributed by atoms with Crippen LogP contribution in [-0.4, -0.2) is 47.4 Å². The molecule has 0 bridgehead atoms. The molecule has 4 rings (SSSR count). The molecule has 168 valence electrons. The second kappa shape index (κ2) is 7.72. The molecule has 2 heterocycles. The van der Waals surface area contributed by atoms with Gasteiger partial charge in [-0.25, -0.2) is 9.69 Å². The summed E-state index contributed by atoms with van der Waals surface area (Å²) in [4.78, 5) is 41.1. The van der Waals surface area contributed by atoms with Crippen LogP contribution in [0.3, 0.4) is 0 Å². The highest BCUT2D eigenvalue weighted by molar-refractivity contribution is 6.11. The molecule has 1 aromatic rings. The summed E-state index contributed by atoms with van der Waals surface area (Å²) in [6.07, 6.45) is -0.0724. The Kier molecular flexibility index (Phi) is 5.35. The fourth-order valence-corrected chi connectivity index (χ4v) is 4.71. The lowest BCUT2D eigenvalue weighted by molar-refractivity contribution is -0.137. The van der Waals surface area contributed by atoms with Crippen molar-refractivity contribution in [2.75, 3.05) is 23.3 Å². The largest absolute Gasteiger partial charge is 0.416 e. The van der Waals surface area contributed by atoms with Crippen molar-refractivity contribution in [3.05, 3.63) is 23.8 Å². The van der Waals surface area contributed by atoms with E-state index in [0.29, 0.717) is 31.6 Å². The summed E-state index contributed by atoms with van der Waals surface area (Å²) >= 11 is 0. The van der Waals surface area contributed by atoms with E-state index >= 15 is 0 Å². The maximum absolute atomic E-state index is 13.3. The lowest BCUT2D eigenvalue weighted by Crippen LogP contribution is -2.48. The van der Waals surface area contributed by atoms with E-state index in [-0.39, 0.29) is 5.69 Å². The first kappa shape index (κ1) is 21.5. The summed E-state index contributed by atoms with van der Waals surface area (Å²) in [6.45, 7) is 2.77. The van der Waals surface area contributed by atoms with E-state index in [9.17, 15) is 27.6 Å². The lowest BCUT2D eigenvalue weighted by Gasteiger charge is -2.26. The van der Waals surface area contributed by atoms with Gasteiger partial charge in [0.1, 0.15) is 11.6 Å². The quantitative estimate of drug-likeness (QED) is 0.705. The molecule has 2 N–H and O–H groups in total. The second-order valence-corrected chi connectivity index (χ2v) is 8.48. The smallest absolute Gasteiger partial charge is 0.370 e. The molecule has 10 heteroatoms. The number of alkyl halides is 3. The third-order valence-corrected chi connectivity index (χ3v) is 6.45. The predicted molar refractivity (Wildman–Crippen MR) is 108 cm³/mol. The van der Waals surface area contributed by atoms with Crippen LogP contribution >= 0.6 is 0 Å². The Morgan fingerprint density at radius 1 is 1.13 bits per heavy atom. The normalized spacial score (nSPS) is 21.7. The van der Waals surface area contributed by atoms with Crippen molar-refractivity contribution in [3.8, 4) is 0 Å². The van der Waals surface area contributed by atoms with Crippen LogP contribution in [-0.2, 0) is 15.8 Å². The van der Waals surface area contributed by atoms with Gasteiger partial charge in [0.25, 0.3) is 5.91 Å². The van der Waals surface area contributed by atoms with Gasteiger partial charge in [-0.15, -0.1) is 0 Å². The number of carbonyl (C=O) groups excluding carboxylic acids is 3. The molecule has 1 saturated carbocycles. The number of urea groups is 1. The fourth-order valence-electron chi connectivity index (χ4n) is 4.71. The average Bonchev–Trinajstić information content (AvgIpc) is 3.43. The SMILES string of the molecule is CC(C(=O)Nc1cc(C(F)(F)F)ccc1N1CCCC1)N1C(=O)NC2(CCCC2)C1=O. The van der Waals surface area contributed by atoms with Gasteiger partial charge in [-0.05, 0) is 50.8 Å². The van der Waals surface area contributed by atoms with Crippen molar-refractivity contribution in [3.63, 3.8) is 0 Å². The van der Waals surface area contributed by atoms with Crippen LogP contribution in [0.5, 0.6) is 0 Å². The third-order valence-electron chi connectivity index (χ3n) is 6.45. The number of carbonyl (C=O) groups is 3. The zero-order valence-corrected chi connectivity index (χ0v) is 17.2. The van der Waals surface area contributed by atoms with Crippen molar-refractivity contribution in [2.45, 2.75) is 63.2 Å². The highest BCUT2D eigenvalue weighted by Gasteiger charge is 2.54. The highest BCUT2D eigenvalue weighted by Crippen LogP contribution is 2.38. The zero-order valence-electron chi connectivity index (χ0n) is 17.2. The molecule has 1 spiro atoms. The number of hydrogen-bond donors (Lipinski definition) is 2. The van der Waals surface area contributed by atoms with Crippen molar-refractivity contribution < 1.29 is 27.6 Å². The number of amides is 4. The van der Waals surface area contributed by atoms with E-state index in [1.54, 1.807) is 0 Å². The molecule has 1 aliphatic carbocycles. The molecular weight excluding hydrogens is 413 g/mol. The summed E-state index contributed by atoms with van der Waals surface area (Å²) < 4.78 is 39.8. The molecule has 1 aromatic carbocycles. The number of nitrogens with zero attached hydrogens (tertiary/aromatic N) is 2. The molecule has 31 heavy (non-hydrogen) atoms. The molecular formula is C21H25F3N4O3. The summed E-state index contributed by atoms with van der Waals surface area (Å²) in [6, 6.07) is 1.46. The average molecular weight is 438 g/mol. The second-order valence-electron chi connectivity index (χ2n) is 8.48. The monoisotopic (exact) mass is 438 g/mol. The lowest BCUT2D eigenvalue weighted by atomic mass is 9.97. The summed E-state index contributed by atoms with van der Waals surface area (Å²) in [5, 5.41) is 5.26. The van der Waals surface area contributed by atoms with Crippen molar-refractivity contribution in [2.24, 2.45) is 0 Å². The van der Waals surface area contributed by atoms with Crippen LogP contribution in [0.2, 0.25) is 0 Å². The van der Waals surface area contributed by atoms with Crippen molar-refractivity contribution in [1.82, 2.24) is 10.2 Å². The third kappa shape index (κ3) is 3.83. The highest BCUT2D eigenvalue weighted by atomic mass is 19.4. The minimum atomic E-state index is -4.56. The van der Waals surface area contributed by atoms with Gasteiger partial charge in [-0.3, -0.25) is 9.59 Å². The van der Waals surface area contributed by atoms with Gasteiger partial charge in [0.2, 0.25) is 5.91 Å². The number of benzene rings is 1. The Bertz CT molecular complexity index is 906. The predicted octanol–water partition coefficient (Wildman–Crippen LogP) is 3.50. The van der Waals surface area contributed by atoms with Gasteiger partial charge in [0.15, 0.2) is 0 Å².